The SMILES string of the molecule is CCOC(=O)C1=Cc2cc(OC(F)(F)F)cc(CC)c2OC1C(F)(F)F. The number of carbonyl (C=O) groups is 1. The Balaban J connectivity index is 2.58. The van der Waals surface area contributed by atoms with E-state index >= 15 is 0 Å². The van der Waals surface area contributed by atoms with Crippen LogP contribution in [0.15, 0.2) is 17.7 Å². The topological polar surface area (TPSA) is 44.8 Å². The average Bonchev–Trinajstić information content (AvgIpc) is 2.50. The summed E-state index contributed by atoms with van der Waals surface area (Å²) in [5, 5.41) is 0. The van der Waals surface area contributed by atoms with Crippen LogP contribution in [0.25, 0.3) is 6.08 Å². The standard InChI is InChI=1S/C16H14F6O4/c1-3-8-5-10(26-16(20,21)22)6-9-7-11(14(23)24-4-2)13(15(17,18)19)25-12(8)9/h5-7,13H,3-4H2,1-2H3. The number of carbonyl (C=O) groups excluding carboxylic acids is 1. The van der Waals surface area contributed by atoms with Crippen molar-refractivity contribution < 1.29 is 45.3 Å². The maximum atomic E-state index is 13.3. The Kier molecular flexibility index (Phi) is 5.43. The zero-order chi connectivity index (χ0) is 19.7. The zero-order valence-electron chi connectivity index (χ0n) is 13.6. The Bertz CT molecular complexity index is 721. The summed E-state index contributed by atoms with van der Waals surface area (Å²) in [6.45, 7) is 2.76. The molecule has 1 heterocycles. The highest BCUT2D eigenvalue weighted by atomic mass is 19.4. The fourth-order valence-corrected chi connectivity index (χ4v) is 2.44. The number of esters is 1. The molecule has 0 radical (unpaired) electrons. The summed E-state index contributed by atoms with van der Waals surface area (Å²) in [7, 11) is 0. The van der Waals surface area contributed by atoms with Crippen molar-refractivity contribution in [3.05, 3.63) is 28.8 Å². The molecule has 0 N–H and O–H groups in total. The van der Waals surface area contributed by atoms with Crippen molar-refractivity contribution >= 4 is 12.0 Å². The number of fused-ring (bicyclic) bond motifs is 1. The van der Waals surface area contributed by atoms with Crippen molar-refractivity contribution in [3.63, 3.8) is 0 Å². The van der Waals surface area contributed by atoms with Crippen molar-refractivity contribution in [1.29, 1.82) is 0 Å². The third-order valence-corrected chi connectivity index (χ3v) is 3.42. The van der Waals surface area contributed by atoms with E-state index in [-0.39, 0.29) is 29.9 Å². The fourth-order valence-electron chi connectivity index (χ4n) is 2.44. The molecule has 2 rings (SSSR count). The predicted molar refractivity (Wildman–Crippen MR) is 77.6 cm³/mol. The Hall–Kier alpha value is -2.39. The molecule has 0 bridgehead atoms. The van der Waals surface area contributed by atoms with Gasteiger partial charge in [-0.25, -0.2) is 4.79 Å². The van der Waals surface area contributed by atoms with Crippen LogP contribution in [0.3, 0.4) is 0 Å². The van der Waals surface area contributed by atoms with Crippen LogP contribution in [-0.4, -0.2) is 31.2 Å². The lowest BCUT2D eigenvalue weighted by Crippen LogP contribution is -2.41. The van der Waals surface area contributed by atoms with Gasteiger partial charge in [-0.1, -0.05) is 6.92 Å². The van der Waals surface area contributed by atoms with Crippen LogP contribution in [0.2, 0.25) is 0 Å². The molecule has 1 atom stereocenters. The lowest BCUT2D eigenvalue weighted by atomic mass is 9.97. The summed E-state index contributed by atoms with van der Waals surface area (Å²) in [6, 6.07) is 1.80. The third-order valence-electron chi connectivity index (χ3n) is 3.42. The van der Waals surface area contributed by atoms with Crippen LogP contribution < -0.4 is 9.47 Å². The van der Waals surface area contributed by atoms with Gasteiger partial charge < -0.3 is 14.2 Å². The van der Waals surface area contributed by atoms with Gasteiger partial charge in [0.15, 0.2) is 0 Å². The summed E-state index contributed by atoms with van der Waals surface area (Å²) in [5.74, 6) is -2.14. The molecule has 0 spiro atoms. The van der Waals surface area contributed by atoms with Crippen LogP contribution in [-0.2, 0) is 16.0 Å². The molecule has 1 unspecified atom stereocenters. The van der Waals surface area contributed by atoms with E-state index in [2.05, 4.69) is 9.47 Å². The molecule has 4 nitrogen and oxygen atoms in total. The molecule has 144 valence electrons. The molecule has 0 saturated carbocycles. The number of benzene rings is 1. The number of aryl methyl sites for hydroxylation is 1. The summed E-state index contributed by atoms with van der Waals surface area (Å²) in [5.41, 5.74) is -0.902. The van der Waals surface area contributed by atoms with Crippen LogP contribution in [0, 0.1) is 0 Å². The van der Waals surface area contributed by atoms with E-state index in [1.165, 1.54) is 13.8 Å². The maximum Gasteiger partial charge on any atom is 0.573 e. The van der Waals surface area contributed by atoms with Gasteiger partial charge in [0.2, 0.25) is 6.10 Å². The van der Waals surface area contributed by atoms with Gasteiger partial charge in [-0.3, -0.25) is 0 Å². The molecule has 1 aromatic rings. The second-order valence-electron chi connectivity index (χ2n) is 5.26. The van der Waals surface area contributed by atoms with E-state index in [4.69, 9.17) is 4.74 Å². The molecule has 0 amide bonds. The number of ether oxygens (including phenoxy) is 3. The van der Waals surface area contributed by atoms with E-state index in [9.17, 15) is 31.1 Å². The van der Waals surface area contributed by atoms with Crippen molar-refractivity contribution in [2.24, 2.45) is 0 Å². The quantitative estimate of drug-likeness (QED) is 0.570. The van der Waals surface area contributed by atoms with Crippen LogP contribution in [0.5, 0.6) is 11.5 Å². The van der Waals surface area contributed by atoms with E-state index in [0.29, 0.717) is 0 Å². The van der Waals surface area contributed by atoms with Gasteiger partial charge in [0.25, 0.3) is 0 Å². The summed E-state index contributed by atoms with van der Waals surface area (Å²) in [4.78, 5) is 11.9. The molecule has 26 heavy (non-hydrogen) atoms. The van der Waals surface area contributed by atoms with E-state index in [0.717, 1.165) is 18.2 Å². The van der Waals surface area contributed by atoms with Crippen LogP contribution in [0.1, 0.15) is 25.0 Å². The minimum absolute atomic E-state index is 0.0789. The molecule has 0 fully saturated rings. The first-order valence-electron chi connectivity index (χ1n) is 7.51. The largest absolute Gasteiger partial charge is 0.573 e. The second-order valence-corrected chi connectivity index (χ2v) is 5.26. The molecule has 0 saturated heterocycles. The zero-order valence-corrected chi connectivity index (χ0v) is 13.6. The highest BCUT2D eigenvalue weighted by molar-refractivity contribution is 5.96. The summed E-state index contributed by atoms with van der Waals surface area (Å²) >= 11 is 0. The lowest BCUT2D eigenvalue weighted by Gasteiger charge is -2.29. The number of hydrogen-bond acceptors (Lipinski definition) is 4. The van der Waals surface area contributed by atoms with Crippen molar-refractivity contribution in [3.8, 4) is 11.5 Å². The Morgan fingerprint density at radius 2 is 1.81 bits per heavy atom. The monoisotopic (exact) mass is 384 g/mol. The minimum atomic E-state index is -4.98. The minimum Gasteiger partial charge on any atom is -0.475 e. The van der Waals surface area contributed by atoms with Crippen molar-refractivity contribution in [2.75, 3.05) is 6.61 Å². The van der Waals surface area contributed by atoms with Crippen molar-refractivity contribution in [1.82, 2.24) is 0 Å². The number of halogens is 6. The average molecular weight is 384 g/mol. The first-order chi connectivity index (χ1) is 12.0. The van der Waals surface area contributed by atoms with E-state index in [1.807, 2.05) is 0 Å². The van der Waals surface area contributed by atoms with Gasteiger partial charge in [0, 0.05) is 5.56 Å². The van der Waals surface area contributed by atoms with Crippen LogP contribution >= 0.6 is 0 Å². The molecule has 10 heteroatoms. The Morgan fingerprint density at radius 3 is 2.31 bits per heavy atom. The normalized spacial score (nSPS) is 17.1. The van der Waals surface area contributed by atoms with Gasteiger partial charge in [-0.05, 0) is 37.1 Å². The maximum absolute atomic E-state index is 13.3. The molecule has 1 aliphatic rings. The molecule has 0 aromatic heterocycles. The van der Waals surface area contributed by atoms with Crippen LogP contribution in [0.4, 0.5) is 26.3 Å². The highest BCUT2D eigenvalue weighted by Gasteiger charge is 2.49. The Morgan fingerprint density at radius 1 is 1.15 bits per heavy atom. The molecule has 1 aromatic carbocycles. The molecular formula is C16H14F6O4. The molecule has 1 aliphatic heterocycles. The second kappa shape index (κ2) is 7.08. The number of hydrogen-bond donors (Lipinski definition) is 0. The highest BCUT2D eigenvalue weighted by Crippen LogP contribution is 2.42. The van der Waals surface area contributed by atoms with E-state index in [1.54, 1.807) is 0 Å². The van der Waals surface area contributed by atoms with Gasteiger partial charge in [-0.15, -0.1) is 13.2 Å². The fraction of sp³-hybridized carbons (Fsp3) is 0.438. The predicted octanol–water partition coefficient (Wildman–Crippen LogP) is 4.42. The molecule has 0 aliphatic carbocycles. The molecular weight excluding hydrogens is 370 g/mol. The Labute approximate surface area is 144 Å². The third kappa shape index (κ3) is 4.41. The smallest absolute Gasteiger partial charge is 0.475 e. The van der Waals surface area contributed by atoms with E-state index < -0.39 is 35.9 Å². The number of alkyl halides is 6. The first-order valence-corrected chi connectivity index (χ1v) is 7.51. The number of rotatable bonds is 4. The van der Waals surface area contributed by atoms with Crippen molar-refractivity contribution in [2.45, 2.75) is 38.9 Å². The van der Waals surface area contributed by atoms with Gasteiger partial charge in [-0.2, -0.15) is 13.2 Å². The lowest BCUT2D eigenvalue weighted by molar-refractivity contribution is -0.274. The summed E-state index contributed by atoms with van der Waals surface area (Å²) in [6.07, 6.45) is -11.6. The first kappa shape index (κ1) is 19.9. The van der Waals surface area contributed by atoms with Gasteiger partial charge in [0.05, 0.1) is 12.2 Å². The van der Waals surface area contributed by atoms with Gasteiger partial charge >= 0.3 is 18.5 Å². The summed E-state index contributed by atoms with van der Waals surface area (Å²) < 4.78 is 90.5. The van der Waals surface area contributed by atoms with Gasteiger partial charge in [0.1, 0.15) is 11.5 Å².